The molecule has 1 N–H and O–H groups in total. The van der Waals surface area contributed by atoms with Crippen molar-refractivity contribution in [1.82, 2.24) is 24.9 Å². The number of aliphatic imine (C=N–C) groups is 1. The van der Waals surface area contributed by atoms with Gasteiger partial charge in [-0.05, 0) is 90.4 Å². The van der Waals surface area contributed by atoms with E-state index < -0.39 is 47.6 Å². The van der Waals surface area contributed by atoms with E-state index >= 15 is 8.78 Å². The summed E-state index contributed by atoms with van der Waals surface area (Å²) in [7, 11) is 6.25. The Morgan fingerprint density at radius 1 is 0.936 bits per heavy atom. The van der Waals surface area contributed by atoms with Crippen LogP contribution in [0.5, 0.6) is 5.75 Å². The number of likely N-dealkylation sites (N-methyl/N-ethyl adjacent to an activating group) is 1. The predicted octanol–water partition coefficient (Wildman–Crippen LogP) is 5.72. The van der Waals surface area contributed by atoms with E-state index in [-0.39, 0.29) is 36.5 Å². The van der Waals surface area contributed by atoms with Crippen LogP contribution in [-0.2, 0) is 22.4 Å². The van der Waals surface area contributed by atoms with Crippen molar-refractivity contribution in [3.8, 4) is 5.75 Å². The fourth-order valence-electron chi connectivity index (χ4n) is 4.89. The maximum absolute atomic E-state index is 15.8. The zero-order valence-corrected chi connectivity index (χ0v) is 28.8. The predicted molar refractivity (Wildman–Crippen MR) is 173 cm³/mol. The maximum Gasteiger partial charge on any atom is 0.437 e. The van der Waals surface area contributed by atoms with Crippen molar-refractivity contribution in [2.45, 2.75) is 71.8 Å². The lowest BCUT2D eigenvalue weighted by Crippen LogP contribution is -2.60. The van der Waals surface area contributed by atoms with Gasteiger partial charge in [0.05, 0.1) is 27.0 Å². The normalized spacial score (nSPS) is 15.0. The Kier molecular flexibility index (Phi) is 11.8. The molecule has 0 aliphatic carbocycles. The first kappa shape index (κ1) is 37.0. The minimum absolute atomic E-state index is 0.0546. The molecule has 258 valence electrons. The number of halogens is 2. The van der Waals surface area contributed by atoms with Crippen LogP contribution in [-0.4, -0.2) is 96.6 Å². The molecule has 1 unspecified atom stereocenters. The summed E-state index contributed by atoms with van der Waals surface area (Å²) in [5.41, 5.74) is -1.15. The molecule has 2 aromatic rings. The highest BCUT2D eigenvalue weighted by molar-refractivity contribution is 5.99. The van der Waals surface area contributed by atoms with Gasteiger partial charge >= 0.3 is 18.2 Å². The van der Waals surface area contributed by atoms with Gasteiger partial charge in [-0.3, -0.25) is 0 Å². The van der Waals surface area contributed by atoms with Gasteiger partial charge in [-0.25, -0.2) is 28.1 Å². The van der Waals surface area contributed by atoms with Gasteiger partial charge in [0, 0.05) is 25.7 Å². The molecule has 12 nitrogen and oxygen atoms in total. The summed E-state index contributed by atoms with van der Waals surface area (Å²) in [5.74, 6) is -1.22. The number of hydrogen-bond donors (Lipinski definition) is 1. The van der Waals surface area contributed by atoms with Gasteiger partial charge in [0.15, 0.2) is 0 Å². The number of amides is 4. The highest BCUT2D eigenvalue weighted by Crippen LogP contribution is 2.28. The number of rotatable bonds is 7. The van der Waals surface area contributed by atoms with E-state index in [9.17, 15) is 14.4 Å². The molecule has 0 saturated carbocycles. The Morgan fingerprint density at radius 2 is 1.47 bits per heavy atom. The van der Waals surface area contributed by atoms with E-state index in [1.54, 1.807) is 81.9 Å². The van der Waals surface area contributed by atoms with Crippen LogP contribution in [0.1, 0.15) is 64.3 Å². The Labute approximate surface area is 275 Å². The van der Waals surface area contributed by atoms with Gasteiger partial charge < -0.3 is 34.2 Å². The Hall–Kier alpha value is -4.46. The smallest absolute Gasteiger partial charge is 0.437 e. The van der Waals surface area contributed by atoms with Crippen LogP contribution < -0.4 is 10.1 Å². The van der Waals surface area contributed by atoms with Crippen molar-refractivity contribution in [3.05, 3.63) is 64.7 Å². The lowest BCUT2D eigenvalue weighted by Gasteiger charge is -2.42. The average Bonchev–Trinajstić information content (AvgIpc) is 2.95. The number of nitrogens with one attached hydrogen (secondary N) is 1. The van der Waals surface area contributed by atoms with E-state index in [4.69, 9.17) is 14.2 Å². The summed E-state index contributed by atoms with van der Waals surface area (Å²) in [5, 5.41) is 2.98. The molecule has 1 saturated heterocycles. The largest absolute Gasteiger partial charge is 0.497 e. The third kappa shape index (κ3) is 10.3. The van der Waals surface area contributed by atoms with Gasteiger partial charge in [0.25, 0.3) is 0 Å². The summed E-state index contributed by atoms with van der Waals surface area (Å²) in [6, 6.07) is 8.45. The molecular formula is C33H46F2N6O6. The molecule has 1 atom stereocenters. The van der Waals surface area contributed by atoms with E-state index in [2.05, 4.69) is 10.3 Å². The van der Waals surface area contributed by atoms with Gasteiger partial charge in [0.1, 0.15) is 28.6 Å². The summed E-state index contributed by atoms with van der Waals surface area (Å²) in [6.07, 6.45) is -1.65. The van der Waals surface area contributed by atoms with Crippen molar-refractivity contribution >= 4 is 24.2 Å². The van der Waals surface area contributed by atoms with Gasteiger partial charge in [-0.15, -0.1) is 4.99 Å². The Bertz CT molecular complexity index is 1430. The van der Waals surface area contributed by atoms with Gasteiger partial charge in [-0.2, -0.15) is 0 Å². The molecule has 1 aliphatic heterocycles. The molecule has 4 amide bonds. The van der Waals surface area contributed by atoms with Crippen molar-refractivity contribution in [3.63, 3.8) is 0 Å². The first-order valence-corrected chi connectivity index (χ1v) is 15.1. The zero-order valence-electron chi connectivity index (χ0n) is 28.8. The van der Waals surface area contributed by atoms with Crippen LogP contribution in [0.3, 0.4) is 0 Å². The Balaban J connectivity index is 2.07. The molecule has 0 spiro atoms. The Morgan fingerprint density at radius 3 is 1.94 bits per heavy atom. The summed E-state index contributed by atoms with van der Waals surface area (Å²) < 4.78 is 47.8. The molecule has 1 fully saturated rings. The first-order valence-electron chi connectivity index (χ1n) is 15.1. The molecule has 2 aromatic carbocycles. The molecule has 14 heteroatoms. The fourth-order valence-corrected chi connectivity index (χ4v) is 4.89. The van der Waals surface area contributed by atoms with Gasteiger partial charge in [-0.1, -0.05) is 12.1 Å². The summed E-state index contributed by atoms with van der Waals surface area (Å²) in [4.78, 5) is 48.6. The molecule has 3 rings (SSSR count). The highest BCUT2D eigenvalue weighted by Gasteiger charge is 2.36. The number of methoxy groups -OCH3 is 1. The minimum atomic E-state index is -1.01. The lowest BCUT2D eigenvalue weighted by molar-refractivity contribution is 0.0300. The van der Waals surface area contributed by atoms with E-state index in [1.807, 2.05) is 12.1 Å². The van der Waals surface area contributed by atoms with Crippen LogP contribution in [0.4, 0.5) is 23.2 Å². The highest BCUT2D eigenvalue weighted by atomic mass is 19.1. The monoisotopic (exact) mass is 660 g/mol. The molecule has 0 radical (unpaired) electrons. The van der Waals surface area contributed by atoms with Crippen LogP contribution in [0.15, 0.2) is 41.4 Å². The van der Waals surface area contributed by atoms with E-state index in [0.717, 1.165) is 22.6 Å². The summed E-state index contributed by atoms with van der Waals surface area (Å²) in [6.45, 7) is 9.41. The second-order valence-corrected chi connectivity index (χ2v) is 13.3. The third-order valence-electron chi connectivity index (χ3n) is 6.92. The number of hydrogen-bond acceptors (Lipinski definition) is 7. The number of carbonyl (C=O) groups excluding carboxylic acids is 3. The van der Waals surface area contributed by atoms with E-state index in [0.29, 0.717) is 12.2 Å². The van der Waals surface area contributed by atoms with Crippen LogP contribution in [0.25, 0.3) is 0 Å². The average molecular weight is 661 g/mol. The molecule has 0 aromatic heterocycles. The first-order chi connectivity index (χ1) is 21.8. The lowest BCUT2D eigenvalue weighted by atomic mass is 9.96. The number of carbonyl (C=O) groups is 3. The quantitative estimate of drug-likeness (QED) is 0.296. The summed E-state index contributed by atoms with van der Waals surface area (Å²) >= 11 is 0. The van der Waals surface area contributed by atoms with Crippen molar-refractivity contribution in [2.24, 2.45) is 4.99 Å². The molecule has 1 aliphatic rings. The molecular weight excluding hydrogens is 614 g/mol. The molecule has 47 heavy (non-hydrogen) atoms. The van der Waals surface area contributed by atoms with Crippen LogP contribution in [0, 0.1) is 11.6 Å². The van der Waals surface area contributed by atoms with Crippen LogP contribution >= 0.6 is 0 Å². The van der Waals surface area contributed by atoms with Gasteiger partial charge in [0.2, 0.25) is 5.96 Å². The number of ether oxygens (including phenoxy) is 3. The topological polar surface area (TPSA) is 116 Å². The van der Waals surface area contributed by atoms with Crippen molar-refractivity contribution in [2.75, 3.05) is 41.6 Å². The zero-order chi connectivity index (χ0) is 35.3. The second kappa shape index (κ2) is 15.0. The number of nitrogens with zero attached hydrogens (tertiary/aromatic N) is 5. The fraction of sp³-hybridized carbons (Fsp3) is 0.515. The number of guanidine groups is 1. The SMILES string of the molecule is CNC(Cc1ccc(OC)cc1)c1c(F)cc(CN(C(=O)OC(C)(C)C)C(=NC(=O)OC(C)(C)C)N2CN(C)C(=O)N(C)C2)cc1F. The maximum atomic E-state index is 15.8. The minimum Gasteiger partial charge on any atom is -0.497 e. The number of benzene rings is 2. The standard InChI is InChI=1S/C33H46F2N6O6/c1-32(2,3)46-29(42)37-28(40-19-38(8)30(43)39(9)20-40)41(31(44)47-33(4,5)6)18-22-15-24(34)27(25(35)16-22)26(36-7)17-21-11-13-23(45-10)14-12-21/h11-16,26,36H,17-20H2,1-10H3. The van der Waals surface area contributed by atoms with Crippen LogP contribution in [0.2, 0.25) is 0 Å². The molecule has 0 bridgehead atoms. The van der Waals surface area contributed by atoms with E-state index in [1.165, 1.54) is 14.7 Å². The number of urea groups is 1. The molecule has 1 heterocycles. The van der Waals surface area contributed by atoms with Crippen molar-refractivity contribution < 1.29 is 37.4 Å². The third-order valence-corrected chi connectivity index (χ3v) is 6.92. The second-order valence-electron chi connectivity index (χ2n) is 13.3. The van der Waals surface area contributed by atoms with Crippen molar-refractivity contribution in [1.29, 1.82) is 0 Å².